The SMILES string of the molecule is COc1cc(OC)nc(Oc2ccccc2-c2nnc(NC(=O)C(C)Oc3cccc(C)c3)s2)n1. The van der Waals surface area contributed by atoms with Crippen molar-refractivity contribution in [3.8, 4) is 39.8 Å². The number of anilines is 1. The summed E-state index contributed by atoms with van der Waals surface area (Å²) in [6.07, 6.45) is -0.722. The summed E-state index contributed by atoms with van der Waals surface area (Å²) >= 11 is 1.20. The quantitative estimate of drug-likeness (QED) is 0.359. The molecule has 2 heterocycles. The van der Waals surface area contributed by atoms with Crippen molar-refractivity contribution in [1.82, 2.24) is 20.2 Å². The summed E-state index contributed by atoms with van der Waals surface area (Å²) in [5.74, 6) is 1.33. The molecule has 1 N–H and O–H groups in total. The summed E-state index contributed by atoms with van der Waals surface area (Å²) < 4.78 is 22.0. The van der Waals surface area contributed by atoms with E-state index in [0.717, 1.165) is 5.56 Å². The molecule has 0 fully saturated rings. The molecule has 0 saturated heterocycles. The van der Waals surface area contributed by atoms with Gasteiger partial charge in [0.2, 0.25) is 16.9 Å². The lowest BCUT2D eigenvalue weighted by Gasteiger charge is -2.13. The molecule has 1 unspecified atom stereocenters. The summed E-state index contributed by atoms with van der Waals surface area (Å²) in [4.78, 5) is 21.0. The fourth-order valence-corrected chi connectivity index (χ4v) is 3.78. The maximum Gasteiger partial charge on any atom is 0.328 e. The number of benzene rings is 2. The van der Waals surface area contributed by atoms with Gasteiger partial charge in [-0.25, -0.2) is 0 Å². The monoisotopic (exact) mass is 493 g/mol. The molecule has 0 bridgehead atoms. The van der Waals surface area contributed by atoms with Crippen LogP contribution in [0.5, 0.6) is 29.3 Å². The molecular weight excluding hydrogens is 470 g/mol. The average molecular weight is 494 g/mol. The molecule has 0 saturated carbocycles. The number of hydrogen-bond acceptors (Lipinski definition) is 10. The highest BCUT2D eigenvalue weighted by atomic mass is 32.1. The Morgan fingerprint density at radius 2 is 1.71 bits per heavy atom. The molecule has 1 atom stereocenters. The molecule has 180 valence electrons. The van der Waals surface area contributed by atoms with Crippen molar-refractivity contribution in [2.75, 3.05) is 19.5 Å². The van der Waals surface area contributed by atoms with E-state index < -0.39 is 6.10 Å². The Hall–Kier alpha value is -4.25. The number of methoxy groups -OCH3 is 2. The number of carbonyl (C=O) groups excluding carboxylic acids is 1. The largest absolute Gasteiger partial charge is 0.481 e. The van der Waals surface area contributed by atoms with Gasteiger partial charge in [-0.05, 0) is 43.7 Å². The molecule has 0 aliphatic carbocycles. The van der Waals surface area contributed by atoms with Crippen molar-refractivity contribution in [3.63, 3.8) is 0 Å². The number of nitrogens with zero attached hydrogens (tertiary/aromatic N) is 4. The van der Waals surface area contributed by atoms with Gasteiger partial charge in [0, 0.05) is 0 Å². The first kappa shape index (κ1) is 23.9. The first-order valence-corrected chi connectivity index (χ1v) is 11.4. The molecule has 0 aliphatic heterocycles. The van der Waals surface area contributed by atoms with E-state index in [1.165, 1.54) is 25.6 Å². The Kier molecular flexibility index (Phi) is 7.36. The number of amides is 1. The van der Waals surface area contributed by atoms with Crippen LogP contribution in [0.4, 0.5) is 5.13 Å². The molecule has 0 aliphatic rings. The third-order valence-corrected chi connectivity index (χ3v) is 5.59. The van der Waals surface area contributed by atoms with E-state index in [9.17, 15) is 4.79 Å². The van der Waals surface area contributed by atoms with E-state index in [-0.39, 0.29) is 11.9 Å². The van der Waals surface area contributed by atoms with Crippen molar-refractivity contribution in [1.29, 1.82) is 0 Å². The van der Waals surface area contributed by atoms with E-state index in [0.29, 0.717) is 39.0 Å². The Morgan fingerprint density at radius 3 is 2.43 bits per heavy atom. The van der Waals surface area contributed by atoms with Gasteiger partial charge in [-0.15, -0.1) is 10.2 Å². The topological polar surface area (TPSA) is 118 Å². The van der Waals surface area contributed by atoms with Gasteiger partial charge in [-0.3, -0.25) is 10.1 Å². The highest BCUT2D eigenvalue weighted by Gasteiger charge is 2.19. The van der Waals surface area contributed by atoms with Gasteiger partial charge in [0.05, 0.1) is 25.8 Å². The minimum atomic E-state index is -0.722. The lowest BCUT2D eigenvalue weighted by molar-refractivity contribution is -0.122. The zero-order valence-electron chi connectivity index (χ0n) is 19.5. The second-order valence-electron chi connectivity index (χ2n) is 7.31. The standard InChI is InChI=1S/C24H23N5O5S/c1-14-8-7-9-16(12-14)33-15(2)21(30)27-24-29-28-22(35-24)17-10-5-6-11-18(17)34-23-25-19(31-3)13-20(26-23)32-4/h5-13,15H,1-4H3,(H,27,29,30). The number of ether oxygens (including phenoxy) is 4. The van der Waals surface area contributed by atoms with E-state index in [1.54, 1.807) is 25.1 Å². The van der Waals surface area contributed by atoms with Crippen LogP contribution in [0.3, 0.4) is 0 Å². The molecular formula is C24H23N5O5S. The highest BCUT2D eigenvalue weighted by Crippen LogP contribution is 2.36. The van der Waals surface area contributed by atoms with Gasteiger partial charge in [0.25, 0.3) is 5.91 Å². The highest BCUT2D eigenvalue weighted by molar-refractivity contribution is 7.18. The second kappa shape index (κ2) is 10.8. The number of nitrogens with one attached hydrogen (secondary N) is 1. The Bertz CT molecular complexity index is 1310. The molecule has 4 rings (SSSR count). The van der Waals surface area contributed by atoms with Crippen molar-refractivity contribution in [3.05, 3.63) is 60.2 Å². The number of para-hydroxylation sites is 1. The van der Waals surface area contributed by atoms with Crippen LogP contribution >= 0.6 is 11.3 Å². The van der Waals surface area contributed by atoms with Gasteiger partial charge in [0.1, 0.15) is 11.5 Å². The number of hydrogen-bond donors (Lipinski definition) is 1. The molecule has 35 heavy (non-hydrogen) atoms. The zero-order valence-corrected chi connectivity index (χ0v) is 20.3. The van der Waals surface area contributed by atoms with Gasteiger partial charge < -0.3 is 18.9 Å². The molecule has 11 heteroatoms. The van der Waals surface area contributed by atoms with Crippen LogP contribution in [0, 0.1) is 6.92 Å². The van der Waals surface area contributed by atoms with Gasteiger partial charge in [0.15, 0.2) is 11.1 Å². The number of aryl methyl sites for hydroxylation is 1. The minimum absolute atomic E-state index is 0.0498. The van der Waals surface area contributed by atoms with Crippen molar-refractivity contribution >= 4 is 22.4 Å². The Morgan fingerprint density at radius 1 is 0.971 bits per heavy atom. The number of aromatic nitrogens is 4. The maximum atomic E-state index is 12.6. The second-order valence-corrected chi connectivity index (χ2v) is 8.29. The Labute approximate surface area is 205 Å². The fraction of sp³-hybridized carbons (Fsp3) is 0.208. The van der Waals surface area contributed by atoms with E-state index >= 15 is 0 Å². The number of rotatable bonds is 9. The first-order valence-electron chi connectivity index (χ1n) is 10.6. The number of carbonyl (C=O) groups is 1. The zero-order chi connectivity index (χ0) is 24.8. The van der Waals surface area contributed by atoms with E-state index in [1.807, 2.05) is 43.3 Å². The van der Waals surface area contributed by atoms with Gasteiger partial charge >= 0.3 is 6.01 Å². The third kappa shape index (κ3) is 6.01. The summed E-state index contributed by atoms with van der Waals surface area (Å²) in [7, 11) is 2.98. The van der Waals surface area contributed by atoms with Crippen LogP contribution in [-0.4, -0.2) is 46.4 Å². The predicted molar refractivity (Wildman–Crippen MR) is 130 cm³/mol. The molecule has 0 spiro atoms. The maximum absolute atomic E-state index is 12.6. The molecule has 1 amide bonds. The average Bonchev–Trinajstić information content (AvgIpc) is 3.32. The van der Waals surface area contributed by atoms with Crippen molar-refractivity contribution in [2.45, 2.75) is 20.0 Å². The van der Waals surface area contributed by atoms with Crippen LogP contribution in [-0.2, 0) is 4.79 Å². The van der Waals surface area contributed by atoms with Crippen LogP contribution in [0.1, 0.15) is 12.5 Å². The molecule has 4 aromatic rings. The molecule has 2 aromatic carbocycles. The van der Waals surface area contributed by atoms with Crippen LogP contribution in [0.25, 0.3) is 10.6 Å². The van der Waals surface area contributed by atoms with Crippen molar-refractivity contribution in [2.24, 2.45) is 0 Å². The Balaban J connectivity index is 1.49. The van der Waals surface area contributed by atoms with Crippen LogP contribution < -0.4 is 24.3 Å². The summed E-state index contributed by atoms with van der Waals surface area (Å²) in [6.45, 7) is 3.63. The lowest BCUT2D eigenvalue weighted by atomic mass is 10.2. The van der Waals surface area contributed by atoms with Crippen molar-refractivity contribution < 1.29 is 23.7 Å². The predicted octanol–water partition coefficient (Wildman–Crippen LogP) is 4.52. The van der Waals surface area contributed by atoms with E-state index in [4.69, 9.17) is 18.9 Å². The van der Waals surface area contributed by atoms with Gasteiger partial charge in [-0.2, -0.15) is 9.97 Å². The smallest absolute Gasteiger partial charge is 0.328 e. The van der Waals surface area contributed by atoms with Gasteiger partial charge in [-0.1, -0.05) is 35.6 Å². The van der Waals surface area contributed by atoms with Crippen LogP contribution in [0.15, 0.2) is 54.6 Å². The fourth-order valence-electron chi connectivity index (χ4n) is 3.01. The summed E-state index contributed by atoms with van der Waals surface area (Å²) in [6, 6.07) is 16.3. The van der Waals surface area contributed by atoms with Crippen LogP contribution in [0.2, 0.25) is 0 Å². The third-order valence-electron chi connectivity index (χ3n) is 4.72. The lowest BCUT2D eigenvalue weighted by Crippen LogP contribution is -2.30. The first-order chi connectivity index (χ1) is 16.9. The normalized spacial score (nSPS) is 11.4. The molecule has 2 aromatic heterocycles. The molecule has 0 radical (unpaired) electrons. The summed E-state index contributed by atoms with van der Waals surface area (Å²) in [5, 5.41) is 11.9. The molecule has 10 nitrogen and oxygen atoms in total. The minimum Gasteiger partial charge on any atom is -0.481 e. The van der Waals surface area contributed by atoms with E-state index in [2.05, 4.69) is 25.5 Å². The summed E-state index contributed by atoms with van der Waals surface area (Å²) in [5.41, 5.74) is 1.70.